The minimum absolute atomic E-state index is 0.0763. The van der Waals surface area contributed by atoms with E-state index >= 15 is 0 Å². The summed E-state index contributed by atoms with van der Waals surface area (Å²) < 4.78 is 17.0. The molecule has 82 heavy (non-hydrogen) atoms. The van der Waals surface area contributed by atoms with Gasteiger partial charge in [0.05, 0.1) is 0 Å². The molecule has 0 saturated carbocycles. The summed E-state index contributed by atoms with van der Waals surface area (Å²) in [5.41, 5.74) is 0. The van der Waals surface area contributed by atoms with Crippen molar-refractivity contribution < 1.29 is 28.6 Å². The Morgan fingerprint density at radius 1 is 0.256 bits per heavy atom. The molecule has 0 aliphatic carbocycles. The van der Waals surface area contributed by atoms with Gasteiger partial charge in [0.25, 0.3) is 0 Å². The van der Waals surface area contributed by atoms with Crippen LogP contribution in [0, 0.1) is 0 Å². The van der Waals surface area contributed by atoms with Crippen molar-refractivity contribution in [1.82, 2.24) is 0 Å². The number of esters is 3. The summed E-state index contributed by atoms with van der Waals surface area (Å²) in [4.78, 5) is 38.4. The molecule has 0 aromatic rings. The highest BCUT2D eigenvalue weighted by Gasteiger charge is 2.19. The van der Waals surface area contributed by atoms with E-state index < -0.39 is 6.10 Å². The first kappa shape index (κ1) is 78.6. The Balaban J connectivity index is 4.24. The average Bonchev–Trinajstić information content (AvgIpc) is 3.47. The Kier molecular flexibility index (Phi) is 67.2. The maximum absolute atomic E-state index is 12.9. The van der Waals surface area contributed by atoms with Gasteiger partial charge in [-0.25, -0.2) is 0 Å². The molecule has 0 saturated heterocycles. The Hall–Kier alpha value is -3.41. The smallest absolute Gasteiger partial charge is 0.306 e. The zero-order valence-electron chi connectivity index (χ0n) is 54.5. The molecule has 0 aromatic heterocycles. The number of unbranched alkanes of at least 4 members (excludes halogenated alkanes) is 40. The van der Waals surface area contributed by atoms with Crippen LogP contribution >= 0.6 is 0 Å². The molecular weight excluding hydrogens is 1010 g/mol. The van der Waals surface area contributed by atoms with E-state index in [0.29, 0.717) is 19.3 Å². The lowest BCUT2D eigenvalue weighted by molar-refractivity contribution is -0.167. The number of ether oxygens (including phenoxy) is 3. The third kappa shape index (κ3) is 67.4. The van der Waals surface area contributed by atoms with E-state index in [1.807, 2.05) is 0 Å². The van der Waals surface area contributed by atoms with Gasteiger partial charge >= 0.3 is 17.9 Å². The van der Waals surface area contributed by atoms with Crippen LogP contribution in [0.25, 0.3) is 0 Å². The SMILES string of the molecule is CC/C=C\C/C=C\C/C=C\C/C=C\C/C=C\CCCCCCCCCCCCCCCCCC(=O)OCC(COC(=O)CCCCCCC/C=C\C/C=C\CCCCC)OC(=O)CCCCCCCCCCCCCCCCCCCC. The Bertz CT molecular complexity index is 1550. The van der Waals surface area contributed by atoms with Crippen molar-refractivity contribution in [3.05, 3.63) is 85.1 Å². The molecule has 1 atom stereocenters. The number of hydrogen-bond donors (Lipinski definition) is 0. The largest absolute Gasteiger partial charge is 0.462 e. The third-order valence-electron chi connectivity index (χ3n) is 15.6. The Morgan fingerprint density at radius 2 is 0.476 bits per heavy atom. The van der Waals surface area contributed by atoms with Crippen molar-refractivity contribution in [3.63, 3.8) is 0 Å². The van der Waals surface area contributed by atoms with E-state index in [-0.39, 0.29) is 31.1 Å². The van der Waals surface area contributed by atoms with Gasteiger partial charge in [-0.1, -0.05) is 331 Å². The quantitative estimate of drug-likeness (QED) is 0.0261. The van der Waals surface area contributed by atoms with E-state index in [0.717, 1.165) is 109 Å². The maximum Gasteiger partial charge on any atom is 0.306 e. The van der Waals surface area contributed by atoms with Gasteiger partial charge in [-0.15, -0.1) is 0 Å². The van der Waals surface area contributed by atoms with Crippen molar-refractivity contribution in [3.8, 4) is 0 Å². The maximum atomic E-state index is 12.9. The highest BCUT2D eigenvalue weighted by Crippen LogP contribution is 2.18. The van der Waals surface area contributed by atoms with Crippen LogP contribution in [0.1, 0.15) is 361 Å². The fourth-order valence-electron chi connectivity index (χ4n) is 10.3. The highest BCUT2D eigenvalue weighted by atomic mass is 16.6. The van der Waals surface area contributed by atoms with E-state index in [4.69, 9.17) is 14.2 Å². The molecule has 6 nitrogen and oxygen atoms in total. The molecule has 0 rings (SSSR count). The Labute approximate surface area is 509 Å². The van der Waals surface area contributed by atoms with Gasteiger partial charge in [0, 0.05) is 19.3 Å². The molecule has 0 fully saturated rings. The summed E-state index contributed by atoms with van der Waals surface area (Å²) in [5, 5.41) is 0. The second-order valence-corrected chi connectivity index (χ2v) is 23.8. The number of carbonyl (C=O) groups is 3. The van der Waals surface area contributed by atoms with Crippen molar-refractivity contribution in [1.29, 1.82) is 0 Å². The van der Waals surface area contributed by atoms with Gasteiger partial charge in [0.15, 0.2) is 6.10 Å². The molecule has 0 aromatic carbocycles. The van der Waals surface area contributed by atoms with Crippen LogP contribution in [0.3, 0.4) is 0 Å². The predicted octanol–water partition coefficient (Wildman–Crippen LogP) is 24.6. The lowest BCUT2D eigenvalue weighted by Gasteiger charge is -2.18. The van der Waals surface area contributed by atoms with E-state index in [2.05, 4.69) is 106 Å². The molecular formula is C76H134O6. The van der Waals surface area contributed by atoms with Crippen LogP contribution in [-0.4, -0.2) is 37.2 Å². The summed E-state index contributed by atoms with van der Waals surface area (Å²) in [7, 11) is 0. The Morgan fingerprint density at radius 3 is 0.768 bits per heavy atom. The van der Waals surface area contributed by atoms with Crippen LogP contribution in [0.4, 0.5) is 0 Å². The molecule has 0 N–H and O–H groups in total. The standard InChI is InChI=1S/C76H134O6/c1-4-7-10-13-16-19-22-25-28-30-32-33-34-35-36-37-38-39-40-41-42-43-44-46-48-51-54-57-60-63-66-69-75(78)81-72-73(71-80-74(77)68-65-62-59-56-53-50-47-27-24-21-18-15-12-9-6-3)82-76(79)70-67-64-61-58-55-52-49-45-31-29-26-23-20-17-14-11-8-5-2/h7,10,16,18-19,21,25,27-28,32-33,35-36,47,73H,4-6,8-9,11-15,17,20,22-24,26,29-31,34,37-46,48-72H2,1-3H3/b10-7-,19-16-,21-18-,28-25-,33-32-,36-35-,47-27-. The summed E-state index contributed by atoms with van der Waals surface area (Å²) >= 11 is 0. The first-order valence-corrected chi connectivity index (χ1v) is 35.6. The van der Waals surface area contributed by atoms with Crippen molar-refractivity contribution >= 4 is 17.9 Å². The molecule has 0 bridgehead atoms. The summed E-state index contributed by atoms with van der Waals surface area (Å²) in [6.45, 7) is 6.54. The number of rotatable bonds is 65. The predicted molar refractivity (Wildman–Crippen MR) is 358 cm³/mol. The van der Waals surface area contributed by atoms with E-state index in [1.165, 1.54) is 212 Å². The van der Waals surface area contributed by atoms with Gasteiger partial charge in [0.2, 0.25) is 0 Å². The topological polar surface area (TPSA) is 78.9 Å². The third-order valence-corrected chi connectivity index (χ3v) is 15.6. The first-order chi connectivity index (χ1) is 40.5. The van der Waals surface area contributed by atoms with Crippen molar-refractivity contribution in [2.24, 2.45) is 0 Å². The highest BCUT2D eigenvalue weighted by molar-refractivity contribution is 5.71. The monoisotopic (exact) mass is 1140 g/mol. The number of hydrogen-bond acceptors (Lipinski definition) is 6. The normalized spacial score (nSPS) is 12.6. The molecule has 474 valence electrons. The molecule has 1 unspecified atom stereocenters. The number of allylic oxidation sites excluding steroid dienone is 14. The second-order valence-electron chi connectivity index (χ2n) is 23.8. The zero-order valence-corrected chi connectivity index (χ0v) is 54.5. The van der Waals surface area contributed by atoms with Crippen LogP contribution in [0.15, 0.2) is 85.1 Å². The molecule has 6 heteroatoms. The van der Waals surface area contributed by atoms with Crippen LogP contribution < -0.4 is 0 Å². The van der Waals surface area contributed by atoms with Crippen LogP contribution in [0.2, 0.25) is 0 Å². The van der Waals surface area contributed by atoms with Gasteiger partial charge in [-0.05, 0) is 96.3 Å². The minimum Gasteiger partial charge on any atom is -0.462 e. The lowest BCUT2D eigenvalue weighted by Crippen LogP contribution is -2.30. The fourth-order valence-corrected chi connectivity index (χ4v) is 10.3. The van der Waals surface area contributed by atoms with Gasteiger partial charge in [-0.3, -0.25) is 14.4 Å². The summed E-state index contributed by atoms with van der Waals surface area (Å²) in [6, 6.07) is 0. The van der Waals surface area contributed by atoms with Crippen LogP contribution in [-0.2, 0) is 28.6 Å². The van der Waals surface area contributed by atoms with E-state index in [9.17, 15) is 14.4 Å². The van der Waals surface area contributed by atoms with Crippen molar-refractivity contribution in [2.45, 2.75) is 367 Å². The van der Waals surface area contributed by atoms with E-state index in [1.54, 1.807) is 0 Å². The van der Waals surface area contributed by atoms with Gasteiger partial charge in [-0.2, -0.15) is 0 Å². The lowest BCUT2D eigenvalue weighted by atomic mass is 10.0. The first-order valence-electron chi connectivity index (χ1n) is 35.6. The van der Waals surface area contributed by atoms with Gasteiger partial charge < -0.3 is 14.2 Å². The fraction of sp³-hybridized carbons (Fsp3) is 0.776. The molecule has 0 heterocycles. The summed E-state index contributed by atoms with van der Waals surface area (Å²) in [5.74, 6) is -0.869. The zero-order chi connectivity index (χ0) is 59.2. The molecule has 0 spiro atoms. The number of carbonyl (C=O) groups excluding carboxylic acids is 3. The van der Waals surface area contributed by atoms with Crippen LogP contribution in [0.5, 0.6) is 0 Å². The van der Waals surface area contributed by atoms with Crippen molar-refractivity contribution in [2.75, 3.05) is 13.2 Å². The molecule has 0 aliphatic rings. The van der Waals surface area contributed by atoms with Gasteiger partial charge in [0.1, 0.15) is 13.2 Å². The minimum atomic E-state index is -0.781. The summed E-state index contributed by atoms with van der Waals surface area (Å²) in [6.07, 6.45) is 93.2. The molecule has 0 radical (unpaired) electrons. The average molecular weight is 1140 g/mol. The molecule has 0 aliphatic heterocycles. The molecule has 0 amide bonds. The second kappa shape index (κ2) is 70.1.